The van der Waals surface area contributed by atoms with Crippen LogP contribution < -0.4 is 5.69 Å². The van der Waals surface area contributed by atoms with E-state index in [-0.39, 0.29) is 12.2 Å². The van der Waals surface area contributed by atoms with Gasteiger partial charge in [0.05, 0.1) is 17.2 Å². The second kappa shape index (κ2) is 6.25. The summed E-state index contributed by atoms with van der Waals surface area (Å²) in [6.07, 6.45) is 0. The van der Waals surface area contributed by atoms with Gasteiger partial charge in [-0.15, -0.1) is 4.80 Å². The molecule has 0 fully saturated rings. The number of halogens is 1. The Morgan fingerprint density at radius 1 is 1.21 bits per heavy atom. The lowest BCUT2D eigenvalue weighted by Crippen LogP contribution is -2.24. The smallest absolute Gasteiger partial charge is 0.258 e. The predicted molar refractivity (Wildman–Crippen MR) is 87.6 cm³/mol. The van der Waals surface area contributed by atoms with E-state index < -0.39 is 10.6 Å². The van der Waals surface area contributed by atoms with Gasteiger partial charge < -0.3 is 0 Å². The van der Waals surface area contributed by atoms with Crippen molar-refractivity contribution in [2.45, 2.75) is 13.5 Å². The topological polar surface area (TPSA) is 95.8 Å². The quantitative estimate of drug-likeness (QED) is 0.534. The molecule has 2 aromatic carbocycles. The number of benzene rings is 2. The van der Waals surface area contributed by atoms with Gasteiger partial charge in [0.15, 0.2) is 0 Å². The molecule has 0 aliphatic rings. The lowest BCUT2D eigenvalue weighted by Gasteiger charge is -2.09. The van der Waals surface area contributed by atoms with E-state index in [1.165, 1.54) is 15.5 Å². The van der Waals surface area contributed by atoms with E-state index in [1.54, 1.807) is 43.3 Å². The molecule has 0 aliphatic carbocycles. The first-order chi connectivity index (χ1) is 11.5. The second-order valence-corrected chi connectivity index (χ2v) is 5.61. The summed E-state index contributed by atoms with van der Waals surface area (Å²) in [5.74, 6) is 0. The maximum absolute atomic E-state index is 12.0. The predicted octanol–water partition coefficient (Wildman–Crippen LogP) is 2.35. The molecule has 0 amide bonds. The molecular formula is C15H12ClN5O3. The lowest BCUT2D eigenvalue weighted by molar-refractivity contribution is -0.385. The van der Waals surface area contributed by atoms with E-state index in [1.807, 2.05) is 0 Å². The second-order valence-electron chi connectivity index (χ2n) is 5.17. The summed E-state index contributed by atoms with van der Waals surface area (Å²) in [5, 5.41) is 18.9. The molecule has 0 spiro atoms. The zero-order chi connectivity index (χ0) is 17.3. The first-order valence-electron chi connectivity index (χ1n) is 6.98. The van der Waals surface area contributed by atoms with E-state index in [0.717, 1.165) is 5.56 Å². The summed E-state index contributed by atoms with van der Waals surface area (Å²) in [7, 11) is 0. The van der Waals surface area contributed by atoms with Gasteiger partial charge in [-0.05, 0) is 48.0 Å². The SMILES string of the molecule is Cc1cc(Cn2c(=O)nnn2-c2ccc(Cl)cc2)ccc1[N+](=O)[O-]. The van der Waals surface area contributed by atoms with Gasteiger partial charge in [-0.25, -0.2) is 9.48 Å². The van der Waals surface area contributed by atoms with Crippen LogP contribution in [0.2, 0.25) is 5.02 Å². The summed E-state index contributed by atoms with van der Waals surface area (Å²) in [6.45, 7) is 1.84. The van der Waals surface area contributed by atoms with Gasteiger partial charge in [0.1, 0.15) is 0 Å². The lowest BCUT2D eigenvalue weighted by atomic mass is 10.1. The molecule has 0 bridgehead atoms. The zero-order valence-electron chi connectivity index (χ0n) is 12.6. The standard InChI is InChI=1S/C15H12ClN5O3/c1-10-8-11(2-7-14(10)21(23)24)9-19-15(22)17-18-20(19)13-5-3-12(16)4-6-13/h2-8H,9H2,1H3. The average molecular weight is 346 g/mol. The van der Waals surface area contributed by atoms with Crippen LogP contribution in [-0.4, -0.2) is 24.7 Å². The Morgan fingerprint density at radius 2 is 1.92 bits per heavy atom. The minimum Gasteiger partial charge on any atom is -0.258 e. The van der Waals surface area contributed by atoms with Gasteiger partial charge in [-0.3, -0.25) is 10.1 Å². The molecule has 1 aromatic heterocycles. The maximum Gasteiger partial charge on any atom is 0.384 e. The fourth-order valence-corrected chi connectivity index (χ4v) is 2.48. The highest BCUT2D eigenvalue weighted by atomic mass is 35.5. The molecule has 122 valence electrons. The Bertz CT molecular complexity index is 962. The molecule has 8 nitrogen and oxygen atoms in total. The number of nitrogens with zero attached hydrogens (tertiary/aromatic N) is 5. The average Bonchev–Trinajstić information content (AvgIpc) is 2.89. The number of aromatic nitrogens is 4. The largest absolute Gasteiger partial charge is 0.384 e. The minimum absolute atomic E-state index is 0.0374. The monoisotopic (exact) mass is 345 g/mol. The highest BCUT2D eigenvalue weighted by Gasteiger charge is 2.13. The van der Waals surface area contributed by atoms with Crippen LogP contribution in [0.4, 0.5) is 5.69 Å². The van der Waals surface area contributed by atoms with Crippen LogP contribution in [0, 0.1) is 17.0 Å². The molecule has 0 atom stereocenters. The summed E-state index contributed by atoms with van der Waals surface area (Å²) < 4.78 is 1.34. The number of nitro benzene ring substituents is 1. The fourth-order valence-electron chi connectivity index (χ4n) is 2.36. The Labute approximate surface area is 141 Å². The van der Waals surface area contributed by atoms with Crippen molar-refractivity contribution >= 4 is 17.3 Å². The molecule has 0 saturated carbocycles. The van der Waals surface area contributed by atoms with Crippen LogP contribution in [0.25, 0.3) is 5.69 Å². The van der Waals surface area contributed by atoms with Crippen molar-refractivity contribution in [1.29, 1.82) is 0 Å². The van der Waals surface area contributed by atoms with Crippen LogP contribution in [0.5, 0.6) is 0 Å². The van der Waals surface area contributed by atoms with Crippen LogP contribution in [0.1, 0.15) is 11.1 Å². The minimum atomic E-state index is -0.513. The van der Waals surface area contributed by atoms with Crippen molar-refractivity contribution in [2.24, 2.45) is 0 Å². The van der Waals surface area contributed by atoms with E-state index in [4.69, 9.17) is 11.6 Å². The Morgan fingerprint density at radius 3 is 2.54 bits per heavy atom. The summed E-state index contributed by atoms with van der Waals surface area (Å²) >= 11 is 5.86. The normalized spacial score (nSPS) is 10.8. The number of rotatable bonds is 4. The maximum atomic E-state index is 12.0. The molecule has 0 saturated heterocycles. The third-order valence-electron chi connectivity index (χ3n) is 3.51. The van der Waals surface area contributed by atoms with Crippen molar-refractivity contribution in [2.75, 3.05) is 0 Å². The molecular weight excluding hydrogens is 334 g/mol. The molecule has 0 unspecified atom stereocenters. The highest BCUT2D eigenvalue weighted by Crippen LogP contribution is 2.19. The molecule has 3 rings (SSSR count). The molecule has 9 heteroatoms. The highest BCUT2D eigenvalue weighted by molar-refractivity contribution is 6.30. The van der Waals surface area contributed by atoms with Gasteiger partial charge in [0.25, 0.3) is 5.69 Å². The van der Waals surface area contributed by atoms with Crippen LogP contribution in [0.3, 0.4) is 0 Å². The Hall–Kier alpha value is -3.00. The van der Waals surface area contributed by atoms with Crippen molar-refractivity contribution in [1.82, 2.24) is 19.8 Å². The molecule has 24 heavy (non-hydrogen) atoms. The molecule has 0 radical (unpaired) electrons. The summed E-state index contributed by atoms with van der Waals surface area (Å²) in [5.41, 5.74) is 1.41. The van der Waals surface area contributed by atoms with Gasteiger partial charge in [-0.1, -0.05) is 22.8 Å². The van der Waals surface area contributed by atoms with Crippen molar-refractivity contribution in [3.8, 4) is 5.69 Å². The number of tetrazole rings is 1. The zero-order valence-corrected chi connectivity index (χ0v) is 13.3. The summed E-state index contributed by atoms with van der Waals surface area (Å²) in [6, 6.07) is 11.5. The first kappa shape index (κ1) is 15.9. The van der Waals surface area contributed by atoms with Crippen LogP contribution >= 0.6 is 11.6 Å². The fraction of sp³-hybridized carbons (Fsp3) is 0.133. The number of nitro groups is 1. The van der Waals surface area contributed by atoms with Crippen LogP contribution in [-0.2, 0) is 6.54 Å². The van der Waals surface area contributed by atoms with E-state index in [2.05, 4.69) is 10.3 Å². The number of aryl methyl sites for hydroxylation is 1. The third kappa shape index (κ3) is 3.04. The van der Waals surface area contributed by atoms with Gasteiger partial charge in [0.2, 0.25) is 0 Å². The number of hydrogen-bond acceptors (Lipinski definition) is 5. The van der Waals surface area contributed by atoms with E-state index >= 15 is 0 Å². The van der Waals surface area contributed by atoms with Crippen molar-refractivity contribution in [3.05, 3.63) is 79.2 Å². The Kier molecular flexibility index (Phi) is 4.13. The van der Waals surface area contributed by atoms with Crippen LogP contribution in [0.15, 0.2) is 47.3 Å². The molecule has 0 aliphatic heterocycles. The molecule has 1 heterocycles. The van der Waals surface area contributed by atoms with Crippen molar-refractivity contribution in [3.63, 3.8) is 0 Å². The van der Waals surface area contributed by atoms with Gasteiger partial charge in [-0.2, -0.15) is 0 Å². The number of hydrogen-bond donors (Lipinski definition) is 0. The molecule has 3 aromatic rings. The van der Waals surface area contributed by atoms with E-state index in [9.17, 15) is 14.9 Å². The third-order valence-corrected chi connectivity index (χ3v) is 3.76. The summed E-state index contributed by atoms with van der Waals surface area (Å²) in [4.78, 5) is 23.8. The van der Waals surface area contributed by atoms with E-state index in [0.29, 0.717) is 16.3 Å². The first-order valence-corrected chi connectivity index (χ1v) is 7.36. The van der Waals surface area contributed by atoms with Gasteiger partial charge >= 0.3 is 5.69 Å². The molecule has 0 N–H and O–H groups in total. The Balaban J connectivity index is 1.98. The van der Waals surface area contributed by atoms with Crippen molar-refractivity contribution < 1.29 is 4.92 Å². The van der Waals surface area contributed by atoms with Gasteiger partial charge in [0, 0.05) is 16.7 Å².